The zero-order chi connectivity index (χ0) is 25.8. The molecule has 1 aliphatic heterocycles. The molecule has 3 aromatic rings. The number of nitrogens with zero attached hydrogens (tertiary/aromatic N) is 4. The van der Waals surface area contributed by atoms with Crippen molar-refractivity contribution in [1.82, 2.24) is 20.2 Å². The lowest BCUT2D eigenvalue weighted by Gasteiger charge is -2.31. The summed E-state index contributed by atoms with van der Waals surface area (Å²) in [7, 11) is 3.90. The van der Waals surface area contributed by atoms with E-state index < -0.39 is 17.7 Å². The second kappa shape index (κ2) is 11.2. The van der Waals surface area contributed by atoms with E-state index in [4.69, 9.17) is 16.6 Å². The lowest BCUT2D eigenvalue weighted by Crippen LogP contribution is -2.31. The van der Waals surface area contributed by atoms with Gasteiger partial charge in [0.2, 0.25) is 0 Å². The first kappa shape index (κ1) is 25.8. The van der Waals surface area contributed by atoms with Crippen LogP contribution in [0.3, 0.4) is 0 Å². The minimum atomic E-state index is -0.668. The molecule has 1 aliphatic rings. The number of amides is 1. The van der Waals surface area contributed by atoms with Crippen molar-refractivity contribution in [2.24, 2.45) is 0 Å². The topological polar surface area (TPSA) is 73.4 Å². The van der Waals surface area contributed by atoms with Gasteiger partial charge < -0.3 is 20.4 Å². The lowest BCUT2D eigenvalue weighted by molar-refractivity contribution is 0.0951. The van der Waals surface area contributed by atoms with Crippen molar-refractivity contribution >= 4 is 29.1 Å². The number of rotatable bonds is 7. The van der Waals surface area contributed by atoms with Gasteiger partial charge in [-0.15, -0.1) is 0 Å². The van der Waals surface area contributed by atoms with Crippen LogP contribution in [0.15, 0.2) is 42.6 Å². The molecule has 1 unspecified atom stereocenters. The molecule has 190 valence electrons. The molecule has 2 heterocycles. The van der Waals surface area contributed by atoms with Gasteiger partial charge in [-0.1, -0.05) is 23.7 Å². The molecule has 1 amide bonds. The third kappa shape index (κ3) is 5.57. The zero-order valence-electron chi connectivity index (χ0n) is 20.5. The van der Waals surface area contributed by atoms with E-state index in [2.05, 4.69) is 15.6 Å². The second-order valence-corrected chi connectivity index (χ2v) is 9.35. The highest BCUT2D eigenvalue weighted by atomic mass is 35.5. The summed E-state index contributed by atoms with van der Waals surface area (Å²) in [6.07, 6.45) is 2.41. The first-order valence-corrected chi connectivity index (χ1v) is 12.2. The molecule has 0 aliphatic carbocycles. The van der Waals surface area contributed by atoms with Gasteiger partial charge in [0.1, 0.15) is 11.6 Å². The highest BCUT2D eigenvalue weighted by Crippen LogP contribution is 2.37. The number of halogens is 3. The van der Waals surface area contributed by atoms with E-state index >= 15 is 0 Å². The quantitative estimate of drug-likeness (QED) is 0.443. The molecule has 0 saturated heterocycles. The lowest BCUT2D eigenvalue weighted by atomic mass is 10.1. The van der Waals surface area contributed by atoms with E-state index in [0.717, 1.165) is 30.7 Å². The smallest absolute Gasteiger partial charge is 0.251 e. The number of likely N-dealkylation sites (N-methyl/N-ethyl adjacent to an activating group) is 1. The number of carbonyl (C=O) groups is 1. The fraction of sp³-hybridized carbons (Fsp3) is 0.346. The summed E-state index contributed by atoms with van der Waals surface area (Å²) in [6.45, 7) is 4.30. The Morgan fingerprint density at radius 2 is 1.92 bits per heavy atom. The minimum Gasteiger partial charge on any atom is -0.367 e. The van der Waals surface area contributed by atoms with Crippen molar-refractivity contribution in [2.45, 2.75) is 19.4 Å². The average molecular weight is 515 g/mol. The number of carbonyl (C=O) groups excluding carboxylic acids is 1. The van der Waals surface area contributed by atoms with Crippen LogP contribution in [-0.4, -0.2) is 61.0 Å². The normalized spacial score (nSPS) is 14.1. The number of fused-ring (bicyclic) bond motifs is 1. The van der Waals surface area contributed by atoms with E-state index in [-0.39, 0.29) is 16.5 Å². The number of hydrogen-bond donors (Lipinski definition) is 2. The minimum absolute atomic E-state index is 0.0846. The molecule has 0 fully saturated rings. The maximum Gasteiger partial charge on any atom is 0.251 e. The largest absolute Gasteiger partial charge is 0.367 e. The molecule has 36 heavy (non-hydrogen) atoms. The Hall–Kier alpha value is -3.30. The zero-order valence-corrected chi connectivity index (χ0v) is 21.2. The van der Waals surface area contributed by atoms with Gasteiger partial charge in [-0.3, -0.25) is 4.79 Å². The van der Waals surface area contributed by atoms with Gasteiger partial charge in [0.15, 0.2) is 11.6 Å². The summed E-state index contributed by atoms with van der Waals surface area (Å²) in [4.78, 5) is 25.7. The molecule has 2 aromatic carbocycles. The van der Waals surface area contributed by atoms with Crippen LogP contribution in [-0.2, 0) is 0 Å². The average Bonchev–Trinajstić information content (AvgIpc) is 3.08. The summed E-state index contributed by atoms with van der Waals surface area (Å²) >= 11 is 6.17. The predicted molar refractivity (Wildman–Crippen MR) is 139 cm³/mol. The van der Waals surface area contributed by atoms with Crippen LogP contribution < -0.4 is 15.5 Å². The van der Waals surface area contributed by atoms with Gasteiger partial charge in [0.05, 0.1) is 23.0 Å². The van der Waals surface area contributed by atoms with Crippen LogP contribution in [0.1, 0.15) is 35.3 Å². The van der Waals surface area contributed by atoms with Gasteiger partial charge >= 0.3 is 0 Å². The molecule has 0 saturated carbocycles. The van der Waals surface area contributed by atoms with Crippen LogP contribution in [0.2, 0.25) is 5.02 Å². The summed E-state index contributed by atoms with van der Waals surface area (Å²) in [5.74, 6) is -0.291. The van der Waals surface area contributed by atoms with E-state index in [1.54, 1.807) is 25.3 Å². The van der Waals surface area contributed by atoms with Crippen molar-refractivity contribution in [3.05, 3.63) is 70.4 Å². The Bertz CT molecular complexity index is 1240. The second-order valence-electron chi connectivity index (χ2n) is 8.97. The van der Waals surface area contributed by atoms with Crippen molar-refractivity contribution < 1.29 is 13.6 Å². The Balaban J connectivity index is 1.62. The van der Waals surface area contributed by atoms with E-state index in [1.807, 2.05) is 36.0 Å². The Kier molecular flexibility index (Phi) is 8.01. The standard InChI is InChI=1S/C26H29ClF2N6O/c1-16(22-19(28)9-10-20(29)23(22)27)35-13-4-11-30-24-25(35)33-21(15-32-24)17-5-7-18(8-6-17)26(36)31-12-14-34(2)3/h5-10,15-16H,4,11-14H2,1-3H3,(H,30,32)(H,31,36). The first-order valence-electron chi connectivity index (χ1n) is 11.8. The fourth-order valence-corrected chi connectivity index (χ4v) is 4.46. The van der Waals surface area contributed by atoms with E-state index in [0.29, 0.717) is 42.5 Å². The van der Waals surface area contributed by atoms with Crippen LogP contribution in [0.25, 0.3) is 11.3 Å². The van der Waals surface area contributed by atoms with Crippen molar-refractivity contribution in [1.29, 1.82) is 0 Å². The molecule has 0 radical (unpaired) electrons. The Labute approximate surface area is 214 Å². The molecule has 7 nitrogen and oxygen atoms in total. The number of benzene rings is 2. The predicted octanol–water partition coefficient (Wildman–Crippen LogP) is 4.75. The third-order valence-electron chi connectivity index (χ3n) is 6.15. The third-order valence-corrected chi connectivity index (χ3v) is 6.53. The number of anilines is 2. The molecule has 1 atom stereocenters. The number of nitrogens with one attached hydrogen (secondary N) is 2. The van der Waals surface area contributed by atoms with Crippen LogP contribution >= 0.6 is 11.6 Å². The van der Waals surface area contributed by atoms with Crippen molar-refractivity contribution in [3.8, 4) is 11.3 Å². The van der Waals surface area contributed by atoms with E-state index in [9.17, 15) is 13.6 Å². The molecular weight excluding hydrogens is 486 g/mol. The molecule has 10 heteroatoms. The molecule has 0 spiro atoms. The summed E-state index contributed by atoms with van der Waals surface area (Å²) in [6, 6.07) is 8.66. The number of aromatic nitrogens is 2. The highest BCUT2D eigenvalue weighted by molar-refractivity contribution is 6.31. The van der Waals surface area contributed by atoms with Gasteiger partial charge in [-0.05, 0) is 51.7 Å². The maximum absolute atomic E-state index is 14.7. The van der Waals surface area contributed by atoms with Crippen LogP contribution in [0.5, 0.6) is 0 Å². The Morgan fingerprint density at radius 1 is 1.19 bits per heavy atom. The molecule has 1 aromatic heterocycles. The summed E-state index contributed by atoms with van der Waals surface area (Å²) in [5.41, 5.74) is 2.01. The summed E-state index contributed by atoms with van der Waals surface area (Å²) < 4.78 is 28.9. The van der Waals surface area contributed by atoms with Gasteiger partial charge in [0, 0.05) is 42.9 Å². The van der Waals surface area contributed by atoms with Crippen LogP contribution in [0, 0.1) is 11.6 Å². The highest BCUT2D eigenvalue weighted by Gasteiger charge is 2.28. The monoisotopic (exact) mass is 514 g/mol. The summed E-state index contributed by atoms with van der Waals surface area (Å²) in [5, 5.41) is 5.92. The Morgan fingerprint density at radius 3 is 2.64 bits per heavy atom. The number of hydrogen-bond acceptors (Lipinski definition) is 6. The molecule has 4 rings (SSSR count). The van der Waals surface area contributed by atoms with Gasteiger partial charge in [-0.25, -0.2) is 18.7 Å². The molecule has 0 bridgehead atoms. The van der Waals surface area contributed by atoms with E-state index in [1.165, 1.54) is 0 Å². The van der Waals surface area contributed by atoms with Crippen LogP contribution in [0.4, 0.5) is 20.4 Å². The van der Waals surface area contributed by atoms with Crippen molar-refractivity contribution in [3.63, 3.8) is 0 Å². The van der Waals surface area contributed by atoms with Gasteiger partial charge in [-0.2, -0.15) is 0 Å². The molecular formula is C26H29ClF2N6O. The SMILES string of the molecule is CC(c1c(F)ccc(F)c1Cl)N1CCCNc2ncc(-c3ccc(C(=O)NCCN(C)C)cc3)nc21. The fourth-order valence-electron chi connectivity index (χ4n) is 4.15. The van der Waals surface area contributed by atoms with Crippen molar-refractivity contribution in [2.75, 3.05) is 50.5 Å². The first-order chi connectivity index (χ1) is 17.3. The maximum atomic E-state index is 14.7. The molecule has 2 N–H and O–H groups in total. The van der Waals surface area contributed by atoms with Gasteiger partial charge in [0.25, 0.3) is 5.91 Å².